The summed E-state index contributed by atoms with van der Waals surface area (Å²) in [5.74, 6) is 0. The molecule has 158 valence electrons. The smallest absolute Gasteiger partial charge is 0.425 e. The molecule has 0 spiro atoms. The number of nitrogens with zero attached hydrogens (tertiary/aromatic N) is 2. The van der Waals surface area contributed by atoms with Crippen molar-refractivity contribution in [3.05, 3.63) is 59.2 Å². The summed E-state index contributed by atoms with van der Waals surface area (Å²) in [6.07, 6.45) is -2.94. The monoisotopic (exact) mass is 456 g/mol. The Kier molecular flexibility index (Phi) is 4.49. The van der Waals surface area contributed by atoms with Gasteiger partial charge in [-0.25, -0.2) is 9.97 Å². The average molecular weight is 457 g/mol. The minimum Gasteiger partial charge on any atom is -0.452 e. The van der Waals surface area contributed by atoms with Crippen molar-refractivity contribution in [1.82, 2.24) is 9.97 Å². The number of aromatic nitrogens is 2. The Morgan fingerprint density at radius 2 is 1.81 bits per heavy atom. The fourth-order valence-corrected chi connectivity index (χ4v) is 6.34. The van der Waals surface area contributed by atoms with Crippen LogP contribution >= 0.6 is 11.3 Å². The maximum atomic E-state index is 13.3. The SMILES string of the molecule is C[Si](C)(C)Cc1ccc2c(c1)oc1c(-c3cccc4sc(C(F)(F)F)cc34)ncnc12. The van der Waals surface area contributed by atoms with E-state index < -0.39 is 19.1 Å². The highest BCUT2D eigenvalue weighted by atomic mass is 32.1. The first-order valence-corrected chi connectivity index (χ1v) is 14.4. The number of alkyl halides is 3. The lowest BCUT2D eigenvalue weighted by atomic mass is 10.1. The van der Waals surface area contributed by atoms with Gasteiger partial charge in [0.2, 0.25) is 0 Å². The lowest BCUT2D eigenvalue weighted by Gasteiger charge is -2.15. The molecular weight excluding hydrogens is 437 g/mol. The van der Waals surface area contributed by atoms with Gasteiger partial charge in [-0.2, -0.15) is 13.2 Å². The molecule has 0 saturated heterocycles. The van der Waals surface area contributed by atoms with E-state index in [4.69, 9.17) is 4.42 Å². The van der Waals surface area contributed by atoms with Crippen LogP contribution in [0.1, 0.15) is 10.4 Å². The van der Waals surface area contributed by atoms with E-state index in [1.807, 2.05) is 12.1 Å². The number of benzene rings is 2. The van der Waals surface area contributed by atoms with Gasteiger partial charge >= 0.3 is 6.18 Å². The van der Waals surface area contributed by atoms with Crippen LogP contribution in [-0.4, -0.2) is 18.0 Å². The Balaban J connectivity index is 1.72. The van der Waals surface area contributed by atoms with Gasteiger partial charge in [-0.1, -0.05) is 37.8 Å². The molecule has 0 aliphatic carbocycles. The fourth-order valence-electron chi connectivity index (χ4n) is 3.94. The molecule has 3 aromatic heterocycles. The van der Waals surface area contributed by atoms with Crippen molar-refractivity contribution < 1.29 is 17.6 Å². The van der Waals surface area contributed by atoms with E-state index in [9.17, 15) is 13.2 Å². The standard InChI is InChI=1S/C23H19F3N2OSSi/c1-31(2,3)11-13-7-8-15-17(9-13)29-22-20(27-12-28-21(15)22)14-5-4-6-18-16(14)10-19(30-18)23(24,25)26/h4-10,12H,11H2,1-3H3. The highest BCUT2D eigenvalue weighted by Crippen LogP contribution is 2.42. The minimum atomic E-state index is -4.38. The van der Waals surface area contributed by atoms with Gasteiger partial charge in [0, 0.05) is 29.1 Å². The summed E-state index contributed by atoms with van der Waals surface area (Å²) in [6, 6.07) is 13.6. The van der Waals surface area contributed by atoms with Crippen molar-refractivity contribution >= 4 is 51.6 Å². The number of rotatable bonds is 3. The van der Waals surface area contributed by atoms with Crippen LogP contribution in [0.5, 0.6) is 0 Å². The van der Waals surface area contributed by atoms with E-state index in [1.165, 1.54) is 18.0 Å². The summed E-state index contributed by atoms with van der Waals surface area (Å²) in [7, 11) is -1.29. The molecule has 0 bridgehead atoms. The Bertz CT molecular complexity index is 1450. The summed E-state index contributed by atoms with van der Waals surface area (Å²) in [5, 5.41) is 1.39. The molecule has 0 unspecified atom stereocenters. The molecule has 5 rings (SSSR count). The lowest BCUT2D eigenvalue weighted by Crippen LogP contribution is -2.23. The summed E-state index contributed by atoms with van der Waals surface area (Å²) < 4.78 is 46.6. The predicted molar refractivity (Wildman–Crippen MR) is 122 cm³/mol. The van der Waals surface area contributed by atoms with Gasteiger partial charge in [-0.05, 0) is 35.9 Å². The second-order valence-corrected chi connectivity index (χ2v) is 15.5. The number of halogens is 3. The molecule has 0 fully saturated rings. The number of fused-ring (bicyclic) bond motifs is 4. The van der Waals surface area contributed by atoms with Crippen molar-refractivity contribution in [1.29, 1.82) is 0 Å². The molecule has 8 heteroatoms. The maximum Gasteiger partial charge on any atom is 0.425 e. The Morgan fingerprint density at radius 1 is 1.00 bits per heavy atom. The van der Waals surface area contributed by atoms with E-state index in [0.29, 0.717) is 32.4 Å². The topological polar surface area (TPSA) is 38.9 Å². The Morgan fingerprint density at radius 3 is 2.55 bits per heavy atom. The van der Waals surface area contributed by atoms with Gasteiger partial charge in [0.15, 0.2) is 5.58 Å². The maximum absolute atomic E-state index is 13.3. The van der Waals surface area contributed by atoms with Crippen LogP contribution in [0.4, 0.5) is 13.2 Å². The first-order valence-electron chi connectivity index (χ1n) is 9.86. The van der Waals surface area contributed by atoms with Crippen molar-refractivity contribution in [3.63, 3.8) is 0 Å². The van der Waals surface area contributed by atoms with Gasteiger partial charge in [0.05, 0.1) is 0 Å². The first kappa shape index (κ1) is 20.2. The van der Waals surface area contributed by atoms with Crippen LogP contribution in [0.25, 0.3) is 43.4 Å². The number of thiophene rings is 1. The van der Waals surface area contributed by atoms with Crippen LogP contribution in [0.2, 0.25) is 19.6 Å². The normalized spacial score (nSPS) is 13.0. The molecule has 0 amide bonds. The van der Waals surface area contributed by atoms with E-state index >= 15 is 0 Å². The highest BCUT2D eigenvalue weighted by Gasteiger charge is 2.33. The van der Waals surface area contributed by atoms with Gasteiger partial charge in [-0.3, -0.25) is 0 Å². The molecule has 0 aliphatic heterocycles. The fraction of sp³-hybridized carbons (Fsp3) is 0.217. The van der Waals surface area contributed by atoms with Crippen molar-refractivity contribution in [2.24, 2.45) is 0 Å². The first-order chi connectivity index (χ1) is 14.6. The van der Waals surface area contributed by atoms with Crippen LogP contribution in [-0.2, 0) is 12.2 Å². The van der Waals surface area contributed by atoms with Crippen LogP contribution in [0.15, 0.2) is 53.2 Å². The van der Waals surface area contributed by atoms with Crippen LogP contribution in [0.3, 0.4) is 0 Å². The molecule has 0 saturated carbocycles. The van der Waals surface area contributed by atoms with Crippen molar-refractivity contribution in [3.8, 4) is 11.3 Å². The number of furan rings is 1. The van der Waals surface area contributed by atoms with E-state index in [0.717, 1.165) is 28.4 Å². The number of hydrogen-bond donors (Lipinski definition) is 0. The summed E-state index contributed by atoms with van der Waals surface area (Å²) >= 11 is 0.735. The largest absolute Gasteiger partial charge is 0.452 e. The molecule has 3 heterocycles. The van der Waals surface area contributed by atoms with Gasteiger partial charge < -0.3 is 4.42 Å². The molecule has 0 N–H and O–H groups in total. The molecule has 5 aromatic rings. The third-order valence-corrected chi connectivity index (χ3v) is 7.76. The second-order valence-electron chi connectivity index (χ2n) is 8.90. The van der Waals surface area contributed by atoms with E-state index in [1.54, 1.807) is 18.2 Å². The Labute approximate surface area is 181 Å². The molecular formula is C23H19F3N2OSSi. The molecule has 0 radical (unpaired) electrons. The van der Waals surface area contributed by atoms with Crippen LogP contribution in [0, 0.1) is 0 Å². The Hall–Kier alpha value is -2.71. The van der Waals surface area contributed by atoms with Crippen molar-refractivity contribution in [2.45, 2.75) is 31.9 Å². The van der Waals surface area contributed by atoms with Crippen molar-refractivity contribution in [2.75, 3.05) is 0 Å². The third-order valence-electron chi connectivity index (χ3n) is 5.15. The molecule has 0 aliphatic rings. The van der Waals surface area contributed by atoms with Gasteiger partial charge in [0.1, 0.15) is 28.0 Å². The minimum absolute atomic E-state index is 0.495. The second kappa shape index (κ2) is 6.90. The molecule has 3 nitrogen and oxygen atoms in total. The highest BCUT2D eigenvalue weighted by molar-refractivity contribution is 7.19. The van der Waals surface area contributed by atoms with Gasteiger partial charge in [-0.15, -0.1) is 11.3 Å². The molecule has 0 atom stereocenters. The average Bonchev–Trinajstić information content (AvgIpc) is 3.27. The third kappa shape index (κ3) is 3.63. The zero-order valence-electron chi connectivity index (χ0n) is 17.2. The summed E-state index contributed by atoms with van der Waals surface area (Å²) in [6.45, 7) is 6.95. The summed E-state index contributed by atoms with van der Waals surface area (Å²) in [4.78, 5) is 8.19. The quantitative estimate of drug-likeness (QED) is 0.261. The van der Waals surface area contributed by atoms with Gasteiger partial charge in [0.25, 0.3) is 0 Å². The zero-order valence-corrected chi connectivity index (χ0v) is 19.0. The van der Waals surface area contributed by atoms with Crippen LogP contribution < -0.4 is 0 Å². The van der Waals surface area contributed by atoms with E-state index in [2.05, 4.69) is 35.7 Å². The molecule has 2 aromatic carbocycles. The lowest BCUT2D eigenvalue weighted by molar-refractivity contribution is -0.134. The zero-order chi connectivity index (χ0) is 22.0. The molecule has 31 heavy (non-hydrogen) atoms. The summed E-state index contributed by atoms with van der Waals surface area (Å²) in [5.41, 5.74) is 4.22. The predicted octanol–water partition coefficient (Wildman–Crippen LogP) is 7.70. The van der Waals surface area contributed by atoms with E-state index in [-0.39, 0.29) is 0 Å². The number of hydrogen-bond acceptors (Lipinski definition) is 4.